The largest absolute Gasteiger partial charge is 0.343 e. The highest BCUT2D eigenvalue weighted by molar-refractivity contribution is 5.92. The van der Waals surface area contributed by atoms with Crippen molar-refractivity contribution in [2.24, 2.45) is 11.8 Å². The normalized spacial score (nSPS) is 22.1. The first-order valence-electron chi connectivity index (χ1n) is 6.68. The highest BCUT2D eigenvalue weighted by Crippen LogP contribution is 2.41. The molecule has 0 aromatic heterocycles. The molecule has 17 heavy (non-hydrogen) atoms. The highest BCUT2D eigenvalue weighted by Gasteiger charge is 2.50. The quantitative estimate of drug-likeness (QED) is 0.703. The van der Waals surface area contributed by atoms with Crippen LogP contribution in [0.15, 0.2) is 0 Å². The molecule has 1 aliphatic rings. The fraction of sp³-hybridized carbons (Fsp3) is 0.846. The van der Waals surface area contributed by atoms with Crippen LogP contribution in [0.25, 0.3) is 0 Å². The molecule has 0 radical (unpaired) electrons. The average Bonchev–Trinajstić information content (AvgIpc) is 3.11. The molecule has 0 aromatic rings. The van der Waals surface area contributed by atoms with E-state index in [1.807, 2.05) is 37.5 Å². The van der Waals surface area contributed by atoms with E-state index in [2.05, 4.69) is 0 Å². The summed E-state index contributed by atoms with van der Waals surface area (Å²) < 4.78 is 0. The van der Waals surface area contributed by atoms with Crippen molar-refractivity contribution in [2.45, 2.75) is 34.1 Å². The summed E-state index contributed by atoms with van der Waals surface area (Å²) in [6.45, 7) is 10.8. The molecule has 0 aromatic carbocycles. The van der Waals surface area contributed by atoms with E-state index in [1.54, 1.807) is 0 Å². The van der Waals surface area contributed by atoms with Gasteiger partial charge in [0.25, 0.3) is 0 Å². The van der Waals surface area contributed by atoms with Crippen LogP contribution < -0.4 is 0 Å². The van der Waals surface area contributed by atoms with E-state index in [9.17, 15) is 9.59 Å². The number of carbonyl (C=O) groups excluding carboxylic acids is 2. The second kappa shape index (κ2) is 6.03. The van der Waals surface area contributed by atoms with Crippen molar-refractivity contribution in [1.82, 2.24) is 9.80 Å². The van der Waals surface area contributed by atoms with Gasteiger partial charge in [-0.1, -0.05) is 0 Å². The van der Waals surface area contributed by atoms with Gasteiger partial charge in [-0.2, -0.15) is 0 Å². The number of hydrogen-bond acceptors (Lipinski definition) is 2. The number of carbonyl (C=O) groups is 2. The van der Waals surface area contributed by atoms with E-state index in [4.69, 9.17) is 0 Å². The zero-order chi connectivity index (χ0) is 13.0. The molecule has 0 saturated heterocycles. The van der Waals surface area contributed by atoms with Gasteiger partial charge in [0.2, 0.25) is 11.8 Å². The summed E-state index contributed by atoms with van der Waals surface area (Å²) in [5, 5.41) is 0. The molecular formula is C13H24N2O2. The number of hydrogen-bond donors (Lipinski definition) is 0. The predicted octanol–water partition coefficient (Wildman–Crippen LogP) is 1.36. The maximum atomic E-state index is 12.0. The molecule has 1 rings (SSSR count). The van der Waals surface area contributed by atoms with Crippen molar-refractivity contribution in [3.05, 3.63) is 0 Å². The predicted molar refractivity (Wildman–Crippen MR) is 67.5 cm³/mol. The van der Waals surface area contributed by atoms with E-state index in [1.165, 1.54) is 0 Å². The van der Waals surface area contributed by atoms with Crippen molar-refractivity contribution in [2.75, 3.05) is 26.2 Å². The topological polar surface area (TPSA) is 40.6 Å². The summed E-state index contributed by atoms with van der Waals surface area (Å²) >= 11 is 0. The maximum absolute atomic E-state index is 12.0. The second-order valence-corrected chi connectivity index (χ2v) is 4.47. The minimum absolute atomic E-state index is 0.0528. The molecule has 4 heteroatoms. The zero-order valence-electron chi connectivity index (χ0n) is 11.4. The summed E-state index contributed by atoms with van der Waals surface area (Å²) in [5.74, 6) is 0.201. The minimum atomic E-state index is -0.0528. The van der Waals surface area contributed by atoms with E-state index in [-0.39, 0.29) is 23.7 Å². The molecule has 4 nitrogen and oxygen atoms in total. The highest BCUT2D eigenvalue weighted by atomic mass is 16.2. The SMILES string of the molecule is CCN(CC)C(=O)C1CC1C(=O)N(CC)CC. The summed E-state index contributed by atoms with van der Waals surface area (Å²) in [7, 11) is 0. The Kier molecular flexibility index (Phi) is 4.97. The van der Waals surface area contributed by atoms with Crippen LogP contribution in [0.4, 0.5) is 0 Å². The van der Waals surface area contributed by atoms with E-state index >= 15 is 0 Å². The van der Waals surface area contributed by atoms with Crippen molar-refractivity contribution in [1.29, 1.82) is 0 Å². The molecule has 2 unspecified atom stereocenters. The van der Waals surface area contributed by atoms with Gasteiger partial charge in [0.05, 0.1) is 11.8 Å². The molecule has 0 bridgehead atoms. The van der Waals surface area contributed by atoms with Gasteiger partial charge in [0.15, 0.2) is 0 Å². The number of amides is 2. The third-order valence-corrected chi connectivity index (χ3v) is 3.58. The van der Waals surface area contributed by atoms with E-state index in [0.29, 0.717) is 0 Å². The molecule has 1 aliphatic carbocycles. The monoisotopic (exact) mass is 240 g/mol. The number of rotatable bonds is 6. The van der Waals surface area contributed by atoms with Crippen LogP contribution in [0.2, 0.25) is 0 Å². The Morgan fingerprint density at radius 3 is 1.35 bits per heavy atom. The summed E-state index contributed by atoms with van der Waals surface area (Å²) in [6.07, 6.45) is 0.741. The third kappa shape index (κ3) is 2.99. The Balaban J connectivity index is 2.53. The summed E-state index contributed by atoms with van der Waals surface area (Å²) in [5.41, 5.74) is 0. The van der Waals surface area contributed by atoms with Crippen molar-refractivity contribution in [3.8, 4) is 0 Å². The van der Waals surface area contributed by atoms with Gasteiger partial charge >= 0.3 is 0 Å². The lowest BCUT2D eigenvalue weighted by Gasteiger charge is -2.20. The van der Waals surface area contributed by atoms with Crippen LogP contribution in [0.1, 0.15) is 34.1 Å². The van der Waals surface area contributed by atoms with Crippen LogP contribution in [0.3, 0.4) is 0 Å². The lowest BCUT2D eigenvalue weighted by atomic mass is 10.2. The molecule has 0 heterocycles. The molecule has 98 valence electrons. The molecular weight excluding hydrogens is 216 g/mol. The van der Waals surface area contributed by atoms with Gasteiger partial charge in [-0.05, 0) is 34.1 Å². The molecule has 1 saturated carbocycles. The fourth-order valence-electron chi connectivity index (χ4n) is 2.28. The average molecular weight is 240 g/mol. The first kappa shape index (κ1) is 14.0. The third-order valence-electron chi connectivity index (χ3n) is 3.58. The fourth-order valence-corrected chi connectivity index (χ4v) is 2.28. The molecule has 2 amide bonds. The zero-order valence-corrected chi connectivity index (χ0v) is 11.4. The lowest BCUT2D eigenvalue weighted by Crippen LogP contribution is -2.36. The Hall–Kier alpha value is -1.06. The van der Waals surface area contributed by atoms with Gasteiger partial charge in [-0.25, -0.2) is 0 Å². The Labute approximate surface area is 104 Å². The van der Waals surface area contributed by atoms with Crippen LogP contribution in [-0.4, -0.2) is 47.8 Å². The Morgan fingerprint density at radius 2 is 1.12 bits per heavy atom. The van der Waals surface area contributed by atoms with Crippen LogP contribution in [-0.2, 0) is 9.59 Å². The van der Waals surface area contributed by atoms with Crippen molar-refractivity contribution >= 4 is 11.8 Å². The minimum Gasteiger partial charge on any atom is -0.343 e. The lowest BCUT2D eigenvalue weighted by molar-refractivity contribution is -0.137. The first-order chi connectivity index (χ1) is 8.10. The van der Waals surface area contributed by atoms with Gasteiger partial charge in [0, 0.05) is 26.2 Å². The van der Waals surface area contributed by atoms with Crippen LogP contribution >= 0.6 is 0 Å². The molecule has 2 atom stereocenters. The molecule has 0 aliphatic heterocycles. The van der Waals surface area contributed by atoms with Crippen LogP contribution in [0.5, 0.6) is 0 Å². The summed E-state index contributed by atoms with van der Waals surface area (Å²) in [6, 6.07) is 0. The van der Waals surface area contributed by atoms with E-state index in [0.717, 1.165) is 32.6 Å². The van der Waals surface area contributed by atoms with Gasteiger partial charge in [0.1, 0.15) is 0 Å². The molecule has 1 fully saturated rings. The Morgan fingerprint density at radius 1 is 0.824 bits per heavy atom. The van der Waals surface area contributed by atoms with Crippen molar-refractivity contribution < 1.29 is 9.59 Å². The van der Waals surface area contributed by atoms with Crippen molar-refractivity contribution in [3.63, 3.8) is 0 Å². The first-order valence-corrected chi connectivity index (χ1v) is 6.68. The van der Waals surface area contributed by atoms with E-state index < -0.39 is 0 Å². The van der Waals surface area contributed by atoms with Gasteiger partial charge < -0.3 is 9.80 Å². The molecule has 0 spiro atoms. The standard InChI is InChI=1S/C13H24N2O2/c1-5-14(6-2)12(16)10-9-11(10)13(17)15(7-3)8-4/h10-11H,5-9H2,1-4H3. The second-order valence-electron chi connectivity index (χ2n) is 4.47. The maximum Gasteiger partial charge on any atom is 0.226 e. The Bertz CT molecular complexity index is 255. The van der Waals surface area contributed by atoms with Crippen LogP contribution in [0, 0.1) is 11.8 Å². The van der Waals surface area contributed by atoms with Gasteiger partial charge in [-0.15, -0.1) is 0 Å². The summed E-state index contributed by atoms with van der Waals surface area (Å²) in [4.78, 5) is 27.7. The number of nitrogens with zero attached hydrogens (tertiary/aromatic N) is 2. The smallest absolute Gasteiger partial charge is 0.226 e. The molecule has 0 N–H and O–H groups in total. The van der Waals surface area contributed by atoms with Gasteiger partial charge in [-0.3, -0.25) is 9.59 Å².